The Morgan fingerprint density at radius 2 is 1.91 bits per heavy atom. The summed E-state index contributed by atoms with van der Waals surface area (Å²) in [5.74, 6) is 2.07. The maximum Gasteiger partial charge on any atom is 0.123 e. The second-order valence-electron chi connectivity index (χ2n) is 5.94. The van der Waals surface area contributed by atoms with Crippen molar-refractivity contribution in [1.82, 2.24) is 9.88 Å². The first-order chi connectivity index (χ1) is 10.6. The van der Waals surface area contributed by atoms with E-state index in [2.05, 4.69) is 36.0 Å². The first-order valence-corrected chi connectivity index (χ1v) is 7.58. The van der Waals surface area contributed by atoms with Gasteiger partial charge in [0.05, 0.1) is 7.11 Å². The molecule has 1 atom stereocenters. The van der Waals surface area contributed by atoms with Crippen LogP contribution in [0.25, 0.3) is 0 Å². The van der Waals surface area contributed by atoms with Crippen molar-refractivity contribution in [3.05, 3.63) is 53.7 Å². The van der Waals surface area contributed by atoms with E-state index in [1.807, 2.05) is 24.3 Å². The number of pyridine rings is 1. The van der Waals surface area contributed by atoms with Crippen LogP contribution in [0.1, 0.15) is 18.1 Å². The topological polar surface area (TPSA) is 51.4 Å². The van der Waals surface area contributed by atoms with Crippen LogP contribution < -0.4 is 10.5 Å². The number of nitrogen functional groups attached to an aromatic ring is 1. The molecule has 1 heterocycles. The second kappa shape index (κ2) is 7.80. The second-order valence-corrected chi connectivity index (χ2v) is 5.94. The molecule has 0 spiro atoms. The Balaban J connectivity index is 1.83. The molecule has 0 unspecified atom stereocenters. The normalized spacial score (nSPS) is 12.4. The summed E-state index contributed by atoms with van der Waals surface area (Å²) in [5, 5.41) is 0. The minimum Gasteiger partial charge on any atom is -0.497 e. The minimum atomic E-state index is 0.581. The van der Waals surface area contributed by atoms with Crippen LogP contribution in [0.4, 0.5) is 5.82 Å². The Bertz CT molecular complexity index is 583. The highest BCUT2D eigenvalue weighted by Crippen LogP contribution is 2.16. The van der Waals surface area contributed by atoms with Crippen LogP contribution in [0.5, 0.6) is 5.75 Å². The maximum atomic E-state index is 5.72. The van der Waals surface area contributed by atoms with E-state index < -0.39 is 0 Å². The van der Waals surface area contributed by atoms with Crippen LogP contribution >= 0.6 is 0 Å². The van der Waals surface area contributed by atoms with Crippen LogP contribution in [-0.4, -0.2) is 30.6 Å². The van der Waals surface area contributed by atoms with Gasteiger partial charge in [0.15, 0.2) is 0 Å². The van der Waals surface area contributed by atoms with Crippen molar-refractivity contribution in [2.24, 2.45) is 5.92 Å². The molecule has 0 aliphatic carbocycles. The van der Waals surface area contributed by atoms with E-state index in [1.54, 1.807) is 13.3 Å². The molecule has 1 aromatic carbocycles. The van der Waals surface area contributed by atoms with E-state index in [0.29, 0.717) is 11.7 Å². The summed E-state index contributed by atoms with van der Waals surface area (Å²) in [5.41, 5.74) is 8.26. The Morgan fingerprint density at radius 1 is 1.18 bits per heavy atom. The van der Waals surface area contributed by atoms with Crippen molar-refractivity contribution in [3.8, 4) is 5.75 Å². The van der Waals surface area contributed by atoms with Crippen molar-refractivity contribution >= 4 is 5.82 Å². The SMILES string of the molecule is COc1ccc(C[C@H](C)CN(C)Cc2ccnc(N)c2)cc1. The van der Waals surface area contributed by atoms with Gasteiger partial charge in [0.25, 0.3) is 0 Å². The number of methoxy groups -OCH3 is 1. The fourth-order valence-electron chi connectivity index (χ4n) is 2.73. The molecule has 0 amide bonds. The summed E-state index contributed by atoms with van der Waals surface area (Å²) in [6.45, 7) is 4.20. The number of rotatable bonds is 7. The maximum absolute atomic E-state index is 5.72. The van der Waals surface area contributed by atoms with Crippen molar-refractivity contribution in [1.29, 1.82) is 0 Å². The van der Waals surface area contributed by atoms with Crippen LogP contribution in [0.3, 0.4) is 0 Å². The summed E-state index contributed by atoms with van der Waals surface area (Å²) in [6, 6.07) is 12.3. The molecule has 0 aliphatic heterocycles. The predicted molar refractivity (Wildman–Crippen MR) is 90.8 cm³/mol. The van der Waals surface area contributed by atoms with Crippen LogP contribution in [0, 0.1) is 5.92 Å². The number of anilines is 1. The van der Waals surface area contributed by atoms with Crippen molar-refractivity contribution in [2.75, 3.05) is 26.4 Å². The molecule has 0 saturated carbocycles. The first kappa shape index (κ1) is 16.3. The number of nitrogens with zero attached hydrogens (tertiary/aromatic N) is 2. The Kier molecular flexibility index (Phi) is 5.78. The van der Waals surface area contributed by atoms with E-state index >= 15 is 0 Å². The van der Waals surface area contributed by atoms with Gasteiger partial charge >= 0.3 is 0 Å². The lowest BCUT2D eigenvalue weighted by Gasteiger charge is -2.21. The molecule has 0 saturated heterocycles. The minimum absolute atomic E-state index is 0.581. The van der Waals surface area contributed by atoms with Gasteiger partial charge in [-0.1, -0.05) is 19.1 Å². The molecule has 2 rings (SSSR count). The quantitative estimate of drug-likeness (QED) is 0.854. The summed E-state index contributed by atoms with van der Waals surface area (Å²) in [7, 11) is 3.83. The number of hydrogen-bond acceptors (Lipinski definition) is 4. The number of aromatic nitrogens is 1. The number of nitrogens with two attached hydrogens (primary N) is 1. The van der Waals surface area contributed by atoms with E-state index in [-0.39, 0.29) is 0 Å². The molecule has 4 heteroatoms. The van der Waals surface area contributed by atoms with E-state index in [4.69, 9.17) is 10.5 Å². The number of ether oxygens (including phenoxy) is 1. The molecular weight excluding hydrogens is 274 g/mol. The van der Waals surface area contributed by atoms with Gasteiger partial charge in [-0.15, -0.1) is 0 Å². The zero-order valence-corrected chi connectivity index (χ0v) is 13.6. The largest absolute Gasteiger partial charge is 0.497 e. The third-order valence-corrected chi connectivity index (χ3v) is 3.66. The zero-order valence-electron chi connectivity index (χ0n) is 13.6. The third kappa shape index (κ3) is 5.04. The summed E-state index contributed by atoms with van der Waals surface area (Å²) in [6.07, 6.45) is 2.83. The van der Waals surface area contributed by atoms with Gasteiger partial charge in [-0.3, -0.25) is 0 Å². The Labute approximate surface area is 132 Å². The average Bonchev–Trinajstić information content (AvgIpc) is 2.47. The molecule has 22 heavy (non-hydrogen) atoms. The molecule has 2 aromatic rings. The standard InChI is InChI=1S/C18H25N3O/c1-14(10-15-4-6-17(22-3)7-5-15)12-21(2)13-16-8-9-20-18(19)11-16/h4-9,11,14H,10,12-13H2,1-3H3,(H2,19,20)/t14-/m0/s1. The van der Waals surface area contributed by atoms with Gasteiger partial charge < -0.3 is 15.4 Å². The van der Waals surface area contributed by atoms with Crippen molar-refractivity contribution in [3.63, 3.8) is 0 Å². The van der Waals surface area contributed by atoms with Crippen LogP contribution in [0.15, 0.2) is 42.6 Å². The summed E-state index contributed by atoms with van der Waals surface area (Å²) in [4.78, 5) is 6.35. The Hall–Kier alpha value is -2.07. The van der Waals surface area contributed by atoms with E-state index in [1.165, 1.54) is 11.1 Å². The fraction of sp³-hybridized carbons (Fsp3) is 0.389. The van der Waals surface area contributed by atoms with Crippen molar-refractivity contribution < 1.29 is 4.74 Å². The Morgan fingerprint density at radius 3 is 2.55 bits per heavy atom. The monoisotopic (exact) mass is 299 g/mol. The number of benzene rings is 1. The highest BCUT2D eigenvalue weighted by molar-refractivity contribution is 5.31. The molecule has 0 bridgehead atoms. The fourth-order valence-corrected chi connectivity index (χ4v) is 2.73. The highest BCUT2D eigenvalue weighted by Gasteiger charge is 2.09. The molecule has 0 aliphatic rings. The van der Waals surface area contributed by atoms with Crippen LogP contribution in [-0.2, 0) is 13.0 Å². The first-order valence-electron chi connectivity index (χ1n) is 7.58. The molecule has 4 nitrogen and oxygen atoms in total. The molecule has 1 aromatic heterocycles. The van der Waals surface area contributed by atoms with Crippen molar-refractivity contribution in [2.45, 2.75) is 19.9 Å². The average molecular weight is 299 g/mol. The highest BCUT2D eigenvalue weighted by atomic mass is 16.5. The van der Waals surface area contributed by atoms with E-state index in [9.17, 15) is 0 Å². The van der Waals surface area contributed by atoms with Gasteiger partial charge in [0.2, 0.25) is 0 Å². The summed E-state index contributed by atoms with van der Waals surface area (Å²) >= 11 is 0. The lowest BCUT2D eigenvalue weighted by atomic mass is 10.0. The smallest absolute Gasteiger partial charge is 0.123 e. The van der Waals surface area contributed by atoms with Gasteiger partial charge in [-0.2, -0.15) is 0 Å². The van der Waals surface area contributed by atoms with Crippen LogP contribution in [0.2, 0.25) is 0 Å². The molecule has 118 valence electrons. The number of hydrogen-bond donors (Lipinski definition) is 1. The zero-order chi connectivity index (χ0) is 15.9. The molecule has 0 fully saturated rings. The predicted octanol–water partition coefficient (Wildman–Crippen LogP) is 2.98. The molecule has 2 N–H and O–H groups in total. The summed E-state index contributed by atoms with van der Waals surface area (Å²) < 4.78 is 5.19. The lowest BCUT2D eigenvalue weighted by molar-refractivity contribution is 0.278. The van der Waals surface area contributed by atoms with E-state index in [0.717, 1.165) is 25.3 Å². The molecular formula is C18H25N3O. The molecule has 0 radical (unpaired) electrons. The van der Waals surface area contributed by atoms with Gasteiger partial charge in [-0.25, -0.2) is 4.98 Å². The third-order valence-electron chi connectivity index (χ3n) is 3.66. The van der Waals surface area contributed by atoms with Gasteiger partial charge in [0.1, 0.15) is 11.6 Å². The van der Waals surface area contributed by atoms with Gasteiger partial charge in [0, 0.05) is 19.3 Å². The van der Waals surface area contributed by atoms with Gasteiger partial charge in [-0.05, 0) is 54.8 Å². The lowest BCUT2D eigenvalue weighted by Crippen LogP contribution is -2.25.